The smallest absolute Gasteiger partial charge is 0.0606 e. The molecule has 1 atom stereocenters. The number of ether oxygens (including phenoxy) is 1. The Morgan fingerprint density at radius 3 is 2.29 bits per heavy atom. The molecule has 1 aliphatic heterocycles. The van der Waals surface area contributed by atoms with Crippen LogP contribution < -0.4 is 11.0 Å². The first-order valence-corrected chi connectivity index (χ1v) is 10.1. The maximum Gasteiger partial charge on any atom is 0.0606 e. The lowest BCUT2D eigenvalue weighted by atomic mass is 9.96. The second kappa shape index (κ2) is 11.5. The van der Waals surface area contributed by atoms with Gasteiger partial charge in [0.15, 0.2) is 0 Å². The topological polar surface area (TPSA) is 60.0 Å². The van der Waals surface area contributed by atoms with Gasteiger partial charge in [0.2, 0.25) is 0 Å². The van der Waals surface area contributed by atoms with Crippen molar-refractivity contribution in [2.45, 2.75) is 6.04 Å². The molecule has 3 N–H and O–H groups in total. The van der Waals surface area contributed by atoms with Crippen molar-refractivity contribution in [2.75, 3.05) is 52.5 Å². The summed E-state index contributed by atoms with van der Waals surface area (Å²) in [6.45, 7) is 6.85. The maximum atomic E-state index is 8.44. The van der Waals surface area contributed by atoms with Crippen LogP contribution in [0.15, 0.2) is 54.6 Å². The Kier molecular flexibility index (Phi) is 8.70. The first kappa shape index (κ1) is 21.2. The van der Waals surface area contributed by atoms with E-state index in [0.717, 1.165) is 37.7 Å². The van der Waals surface area contributed by atoms with E-state index in [9.17, 15) is 0 Å². The van der Waals surface area contributed by atoms with Crippen molar-refractivity contribution >= 4 is 11.6 Å². The van der Waals surface area contributed by atoms with Crippen LogP contribution in [0.5, 0.6) is 0 Å². The van der Waals surface area contributed by atoms with Crippen molar-refractivity contribution < 1.29 is 9.94 Å². The number of halogens is 1. The molecule has 0 spiro atoms. The molecule has 1 heterocycles. The summed E-state index contributed by atoms with van der Waals surface area (Å²) in [5, 5.41) is 9.21. The molecule has 0 saturated carbocycles. The van der Waals surface area contributed by atoms with E-state index in [1.54, 1.807) is 0 Å². The number of hydrogen-bond donors (Lipinski definition) is 3. The van der Waals surface area contributed by atoms with Crippen LogP contribution in [0.1, 0.15) is 17.2 Å². The first-order valence-electron chi connectivity index (χ1n) is 9.74. The molecular formula is C21H29ClN4O2. The Hall–Kier alpha value is -1.51. The van der Waals surface area contributed by atoms with Crippen LogP contribution in [0.25, 0.3) is 0 Å². The average molecular weight is 405 g/mol. The monoisotopic (exact) mass is 404 g/mol. The summed E-state index contributed by atoms with van der Waals surface area (Å²) in [6, 6.07) is 19.1. The van der Waals surface area contributed by atoms with E-state index in [1.165, 1.54) is 11.1 Å². The van der Waals surface area contributed by atoms with Crippen molar-refractivity contribution in [3.8, 4) is 0 Å². The highest BCUT2D eigenvalue weighted by Gasteiger charge is 2.26. The van der Waals surface area contributed by atoms with Gasteiger partial charge in [-0.2, -0.15) is 0 Å². The molecule has 0 radical (unpaired) electrons. The fourth-order valence-electron chi connectivity index (χ4n) is 3.61. The van der Waals surface area contributed by atoms with E-state index in [2.05, 4.69) is 57.7 Å². The minimum absolute atomic E-state index is 0.244. The molecule has 1 fully saturated rings. The molecule has 0 unspecified atom stereocenters. The van der Waals surface area contributed by atoms with Crippen LogP contribution in [0, 0.1) is 0 Å². The molecule has 7 heteroatoms. The number of benzene rings is 2. The molecule has 0 aliphatic carbocycles. The van der Waals surface area contributed by atoms with E-state index in [1.807, 2.05) is 17.7 Å². The second-order valence-electron chi connectivity index (χ2n) is 6.89. The number of hydrazine groups is 1. The lowest BCUT2D eigenvalue weighted by Gasteiger charge is -2.39. The van der Waals surface area contributed by atoms with Crippen LogP contribution >= 0.6 is 11.6 Å². The molecule has 1 saturated heterocycles. The van der Waals surface area contributed by atoms with Gasteiger partial charge in [-0.25, -0.2) is 5.43 Å². The molecule has 3 rings (SSSR count). The Morgan fingerprint density at radius 2 is 1.61 bits per heavy atom. The zero-order chi connectivity index (χ0) is 19.6. The van der Waals surface area contributed by atoms with Gasteiger partial charge in [0, 0.05) is 44.3 Å². The van der Waals surface area contributed by atoms with Crippen molar-refractivity contribution in [1.29, 1.82) is 0 Å². The average Bonchev–Trinajstić information content (AvgIpc) is 2.74. The van der Waals surface area contributed by atoms with Gasteiger partial charge in [-0.1, -0.05) is 54.1 Å². The van der Waals surface area contributed by atoms with Crippen molar-refractivity contribution in [3.63, 3.8) is 0 Å². The highest BCUT2D eigenvalue weighted by Crippen LogP contribution is 2.30. The van der Waals surface area contributed by atoms with Gasteiger partial charge in [-0.05, 0) is 23.3 Å². The fourth-order valence-corrected chi connectivity index (χ4v) is 3.74. The van der Waals surface area contributed by atoms with Gasteiger partial charge in [-0.15, -0.1) is 5.59 Å². The van der Waals surface area contributed by atoms with E-state index in [4.69, 9.17) is 21.5 Å². The summed E-state index contributed by atoms with van der Waals surface area (Å²) in [7, 11) is 0. The summed E-state index contributed by atoms with van der Waals surface area (Å²) >= 11 is 6.10. The van der Waals surface area contributed by atoms with E-state index in [-0.39, 0.29) is 6.04 Å². The van der Waals surface area contributed by atoms with Crippen LogP contribution in [0.2, 0.25) is 5.02 Å². The van der Waals surface area contributed by atoms with Gasteiger partial charge in [-0.3, -0.25) is 9.80 Å². The maximum absolute atomic E-state index is 8.44. The highest BCUT2D eigenvalue weighted by atomic mass is 35.5. The molecule has 0 bridgehead atoms. The molecule has 1 aliphatic rings. The SMILES string of the molecule is ONNCCOCCN1CCN([C@@H](c2ccccc2)c2ccc(Cl)cc2)CC1. The first-order chi connectivity index (χ1) is 13.8. The van der Waals surface area contributed by atoms with Crippen LogP contribution in [0.3, 0.4) is 0 Å². The zero-order valence-electron chi connectivity index (χ0n) is 16.1. The van der Waals surface area contributed by atoms with E-state index >= 15 is 0 Å². The molecule has 2 aromatic rings. The third-order valence-corrected chi connectivity index (χ3v) is 5.33. The number of nitrogens with zero attached hydrogens (tertiary/aromatic N) is 2. The van der Waals surface area contributed by atoms with E-state index in [0.29, 0.717) is 19.8 Å². The Morgan fingerprint density at radius 1 is 0.929 bits per heavy atom. The third-order valence-electron chi connectivity index (χ3n) is 5.08. The van der Waals surface area contributed by atoms with Gasteiger partial charge in [0.1, 0.15) is 0 Å². The summed E-state index contributed by atoms with van der Waals surface area (Å²) in [4.78, 5) is 4.99. The number of hydrogen-bond acceptors (Lipinski definition) is 6. The summed E-state index contributed by atoms with van der Waals surface area (Å²) < 4.78 is 5.58. The second-order valence-corrected chi connectivity index (χ2v) is 7.33. The number of nitrogens with one attached hydrogen (secondary N) is 2. The summed E-state index contributed by atoms with van der Waals surface area (Å²) in [5.41, 5.74) is 7.08. The summed E-state index contributed by atoms with van der Waals surface area (Å²) in [5.74, 6) is 0. The van der Waals surface area contributed by atoms with E-state index < -0.39 is 0 Å². The Balaban J connectivity index is 1.55. The molecule has 0 amide bonds. The fraction of sp³-hybridized carbons (Fsp3) is 0.429. The quantitative estimate of drug-likeness (QED) is 0.418. The summed E-state index contributed by atoms with van der Waals surface area (Å²) in [6.07, 6.45) is 0. The molecular weight excluding hydrogens is 376 g/mol. The van der Waals surface area contributed by atoms with Gasteiger partial charge >= 0.3 is 0 Å². The largest absolute Gasteiger partial charge is 0.379 e. The standard InChI is InChI=1S/C21H29ClN4O2/c22-20-8-6-19(7-9-20)21(18-4-2-1-3-5-18)26-13-11-25(12-14-26)15-17-28-16-10-23-24-27/h1-9,21,23-24,27H,10-17H2/t21-/m0/s1. The van der Waals surface area contributed by atoms with Gasteiger partial charge < -0.3 is 9.94 Å². The molecule has 0 aromatic heterocycles. The lowest BCUT2D eigenvalue weighted by molar-refractivity contribution is 0.0578. The van der Waals surface area contributed by atoms with Crippen molar-refractivity contribution in [2.24, 2.45) is 0 Å². The van der Waals surface area contributed by atoms with Gasteiger partial charge in [0.05, 0.1) is 19.3 Å². The molecule has 6 nitrogen and oxygen atoms in total. The molecule has 152 valence electrons. The Labute approximate surface area is 172 Å². The van der Waals surface area contributed by atoms with Crippen LogP contribution in [-0.4, -0.2) is 67.5 Å². The minimum atomic E-state index is 0.244. The molecule has 28 heavy (non-hydrogen) atoms. The third kappa shape index (κ3) is 6.25. The predicted octanol–water partition coefficient (Wildman–Crippen LogP) is 2.55. The Bertz CT molecular complexity index is 679. The predicted molar refractivity (Wildman–Crippen MR) is 111 cm³/mol. The van der Waals surface area contributed by atoms with Crippen LogP contribution in [-0.2, 0) is 4.74 Å². The lowest BCUT2D eigenvalue weighted by Crippen LogP contribution is -2.48. The van der Waals surface area contributed by atoms with Crippen molar-refractivity contribution in [1.82, 2.24) is 20.8 Å². The normalized spacial score (nSPS) is 16.9. The van der Waals surface area contributed by atoms with Gasteiger partial charge in [0.25, 0.3) is 0 Å². The number of piperazine rings is 1. The molecule has 2 aromatic carbocycles. The number of rotatable bonds is 10. The zero-order valence-corrected chi connectivity index (χ0v) is 16.8. The minimum Gasteiger partial charge on any atom is -0.379 e. The van der Waals surface area contributed by atoms with Crippen LogP contribution in [0.4, 0.5) is 0 Å². The van der Waals surface area contributed by atoms with Crippen molar-refractivity contribution in [3.05, 3.63) is 70.7 Å². The highest BCUT2D eigenvalue weighted by molar-refractivity contribution is 6.30.